The molecule has 1 rings (SSSR count). The lowest BCUT2D eigenvalue weighted by Gasteiger charge is -1.92. The Bertz CT molecular complexity index is 294. The molecule has 0 aromatic carbocycles. The van der Waals surface area contributed by atoms with E-state index in [2.05, 4.69) is 21.0 Å². The smallest absolute Gasteiger partial charge is 0.338 e. The van der Waals surface area contributed by atoms with Crippen LogP contribution in [0.3, 0.4) is 0 Å². The number of aromatic nitrogens is 2. The van der Waals surface area contributed by atoms with Gasteiger partial charge in [-0.25, -0.2) is 4.98 Å². The van der Waals surface area contributed by atoms with Gasteiger partial charge < -0.3 is 4.57 Å². The van der Waals surface area contributed by atoms with E-state index in [1.165, 1.54) is 0 Å². The summed E-state index contributed by atoms with van der Waals surface area (Å²) in [6.45, 7) is 6.52. The normalized spacial score (nSPS) is 9.50. The van der Waals surface area contributed by atoms with Gasteiger partial charge in [-0.3, -0.25) is 0 Å². The van der Waals surface area contributed by atoms with Crippen molar-refractivity contribution in [1.29, 1.82) is 0 Å². The third-order valence-corrected chi connectivity index (χ3v) is 2.64. The molecule has 0 radical (unpaired) electrons. The molecule has 0 spiro atoms. The maximum atomic E-state index is 10.3. The second-order valence-corrected chi connectivity index (χ2v) is 3.83. The zero-order valence-corrected chi connectivity index (χ0v) is 11.2. The number of imidazole rings is 1. The van der Waals surface area contributed by atoms with E-state index in [0.29, 0.717) is 13.2 Å². The largest absolute Gasteiger partial charge is 0.697 e. The molecule has 0 aliphatic heterocycles. The van der Waals surface area contributed by atoms with E-state index in [1.807, 2.05) is 24.0 Å². The average Bonchev–Trinajstić information content (AvgIpc) is 2.65. The second kappa shape index (κ2) is 9.46. The first kappa shape index (κ1) is 15.2. The van der Waals surface area contributed by atoms with Crippen LogP contribution in [0.25, 0.3) is 0 Å². The van der Waals surface area contributed by atoms with Gasteiger partial charge in [-0.2, -0.15) is 0 Å². The van der Waals surface area contributed by atoms with E-state index < -0.39 is 8.25 Å². The van der Waals surface area contributed by atoms with Crippen LogP contribution in [-0.4, -0.2) is 22.8 Å². The van der Waals surface area contributed by atoms with Crippen molar-refractivity contribution in [3.63, 3.8) is 0 Å². The van der Waals surface area contributed by atoms with Crippen LogP contribution >= 0.6 is 8.25 Å². The first-order chi connectivity index (χ1) is 7.65. The van der Waals surface area contributed by atoms with E-state index in [0.717, 1.165) is 12.2 Å². The lowest BCUT2D eigenvalue weighted by atomic mass is 10.5. The van der Waals surface area contributed by atoms with Gasteiger partial charge in [0.1, 0.15) is 19.0 Å². The molecule has 0 bridgehead atoms. The molecule has 6 heteroatoms. The topological polar surface area (TPSA) is 53.4 Å². The Labute approximate surface area is 97.7 Å². The molecule has 0 N–H and O–H groups in total. The molecule has 1 aromatic heterocycles. The van der Waals surface area contributed by atoms with Gasteiger partial charge in [-0.1, -0.05) is 6.92 Å². The first-order valence-electron chi connectivity index (χ1n) is 5.34. The summed E-state index contributed by atoms with van der Waals surface area (Å²) in [5.41, 5.74) is 0. The van der Waals surface area contributed by atoms with Crippen LogP contribution in [0, 0.1) is 0 Å². The molecule has 0 aliphatic carbocycles. The van der Waals surface area contributed by atoms with Crippen LogP contribution in [0.2, 0.25) is 0 Å². The highest BCUT2D eigenvalue weighted by molar-refractivity contribution is 7.33. The molecule has 0 unspecified atom stereocenters. The monoisotopic (exact) mass is 247 g/mol. The molecule has 0 aliphatic rings. The van der Waals surface area contributed by atoms with Gasteiger partial charge in [0.2, 0.25) is 0 Å². The molecule has 5 nitrogen and oxygen atoms in total. The van der Waals surface area contributed by atoms with Crippen LogP contribution < -0.4 is 0 Å². The van der Waals surface area contributed by atoms with Gasteiger partial charge in [-0.05, 0) is 13.8 Å². The zero-order chi connectivity index (χ0) is 12.4. The average molecular weight is 247 g/mol. The molecule has 92 valence electrons. The molecule has 0 saturated heterocycles. The van der Waals surface area contributed by atoms with Crippen molar-refractivity contribution in [3.8, 4) is 0 Å². The fraction of sp³-hybridized carbons (Fsp3) is 0.700. The minimum atomic E-state index is -1.83. The molecule has 16 heavy (non-hydrogen) atoms. The summed E-state index contributed by atoms with van der Waals surface area (Å²) in [4.78, 5) is 4.10. The van der Waals surface area contributed by atoms with E-state index in [-0.39, 0.29) is 0 Å². The maximum absolute atomic E-state index is 10.3. The lowest BCUT2D eigenvalue weighted by molar-refractivity contribution is 0.243. The highest BCUT2D eigenvalue weighted by atomic mass is 31.1. The summed E-state index contributed by atoms with van der Waals surface area (Å²) < 4.78 is 21.5. The molecular formula is C10H20N2O3P+. The Morgan fingerprint density at radius 2 is 1.88 bits per heavy atom. The van der Waals surface area contributed by atoms with Crippen LogP contribution in [-0.2, 0) is 27.1 Å². The Morgan fingerprint density at radius 1 is 1.31 bits per heavy atom. The fourth-order valence-electron chi connectivity index (χ4n) is 0.985. The van der Waals surface area contributed by atoms with Crippen LogP contribution in [0.15, 0.2) is 12.4 Å². The van der Waals surface area contributed by atoms with Gasteiger partial charge in [0, 0.05) is 30.4 Å². The summed E-state index contributed by atoms with van der Waals surface area (Å²) >= 11 is 0. The summed E-state index contributed by atoms with van der Waals surface area (Å²) in [6.07, 6.45) is 4.79. The third kappa shape index (κ3) is 6.67. The minimum Gasteiger partial charge on any atom is -0.338 e. The standard InChI is InChI=1S/C6H10N2.C4H10O3P/c1-3-6-7-4-5-8(6)2;1-3-6-8(5)7-4-2/h4-5H,3H2,1-2H3;3-4H2,1-2H3/q;+1. The molecule has 0 atom stereocenters. The molecule has 1 aromatic rings. The quantitative estimate of drug-likeness (QED) is 0.751. The minimum absolute atomic E-state index is 0.440. The summed E-state index contributed by atoms with van der Waals surface area (Å²) in [5, 5.41) is 0. The number of hydrogen-bond acceptors (Lipinski definition) is 4. The Hall–Kier alpha value is -0.770. The van der Waals surface area contributed by atoms with Crippen molar-refractivity contribution in [2.24, 2.45) is 7.05 Å². The van der Waals surface area contributed by atoms with E-state index >= 15 is 0 Å². The predicted octanol–water partition coefficient (Wildman–Crippen LogP) is 2.70. The SMILES string of the molecule is CCO[P+](=O)OCC.CCc1nccn1C. The summed E-state index contributed by atoms with van der Waals surface area (Å²) in [7, 11) is 0.175. The molecule has 1 heterocycles. The lowest BCUT2D eigenvalue weighted by Crippen LogP contribution is -1.92. The van der Waals surface area contributed by atoms with Gasteiger partial charge in [-0.15, -0.1) is 9.05 Å². The summed E-state index contributed by atoms with van der Waals surface area (Å²) in [5.74, 6) is 1.14. The van der Waals surface area contributed by atoms with Crippen LogP contribution in [0.4, 0.5) is 0 Å². The van der Waals surface area contributed by atoms with E-state index in [4.69, 9.17) is 0 Å². The van der Waals surface area contributed by atoms with Gasteiger partial charge in [0.05, 0.1) is 0 Å². The Balaban J connectivity index is 0.000000281. The van der Waals surface area contributed by atoms with Crippen molar-refractivity contribution in [1.82, 2.24) is 9.55 Å². The predicted molar refractivity (Wildman–Crippen MR) is 63.4 cm³/mol. The van der Waals surface area contributed by atoms with Crippen molar-refractivity contribution >= 4 is 8.25 Å². The van der Waals surface area contributed by atoms with E-state index in [1.54, 1.807) is 13.8 Å². The van der Waals surface area contributed by atoms with Crippen LogP contribution in [0.5, 0.6) is 0 Å². The Morgan fingerprint density at radius 3 is 2.12 bits per heavy atom. The molecular weight excluding hydrogens is 227 g/mol. The fourth-order valence-corrected chi connectivity index (χ4v) is 1.48. The molecule has 0 fully saturated rings. The second-order valence-electron chi connectivity index (χ2n) is 2.87. The van der Waals surface area contributed by atoms with Crippen LogP contribution in [0.1, 0.15) is 26.6 Å². The van der Waals surface area contributed by atoms with Crippen molar-refractivity contribution in [3.05, 3.63) is 18.2 Å². The van der Waals surface area contributed by atoms with E-state index in [9.17, 15) is 4.57 Å². The van der Waals surface area contributed by atoms with Crippen molar-refractivity contribution < 1.29 is 13.6 Å². The number of aryl methyl sites for hydroxylation is 2. The maximum Gasteiger partial charge on any atom is 0.697 e. The van der Waals surface area contributed by atoms with Crippen molar-refractivity contribution in [2.45, 2.75) is 27.2 Å². The van der Waals surface area contributed by atoms with Gasteiger partial charge >= 0.3 is 8.25 Å². The molecule has 0 saturated carbocycles. The first-order valence-corrected chi connectivity index (χ1v) is 6.44. The highest BCUT2D eigenvalue weighted by Crippen LogP contribution is 2.21. The third-order valence-electron chi connectivity index (χ3n) is 1.71. The number of hydrogen-bond donors (Lipinski definition) is 0. The van der Waals surface area contributed by atoms with Crippen molar-refractivity contribution in [2.75, 3.05) is 13.2 Å². The Kier molecular flexibility index (Phi) is 9.00. The van der Waals surface area contributed by atoms with Gasteiger partial charge in [0.15, 0.2) is 0 Å². The molecule has 0 amide bonds. The summed E-state index contributed by atoms with van der Waals surface area (Å²) in [6, 6.07) is 0. The van der Waals surface area contributed by atoms with Gasteiger partial charge in [0.25, 0.3) is 0 Å². The highest BCUT2D eigenvalue weighted by Gasteiger charge is 2.15. The number of rotatable bonds is 5. The zero-order valence-electron chi connectivity index (χ0n) is 10.3. The number of nitrogens with zero attached hydrogens (tertiary/aromatic N) is 2.